The first kappa shape index (κ1) is 17.4. The monoisotopic (exact) mass is 294 g/mol. The van der Waals surface area contributed by atoms with E-state index in [0.717, 1.165) is 16.9 Å². The molecule has 0 aliphatic rings. The van der Waals surface area contributed by atoms with Crippen LogP contribution in [0.5, 0.6) is 5.75 Å². The summed E-state index contributed by atoms with van der Waals surface area (Å²) in [5, 5.41) is 10.6. The van der Waals surface area contributed by atoms with Crippen LogP contribution in [0.4, 0.5) is 0 Å². The molecule has 0 aliphatic heterocycles. The van der Waals surface area contributed by atoms with Crippen molar-refractivity contribution >= 4 is 11.8 Å². The number of hydrogen-bond donors (Lipinski definition) is 1. The number of rotatable bonds is 4. The minimum Gasteiger partial charge on any atom is -0.507 e. The molecule has 1 nitrogen and oxygen atoms in total. The smallest absolute Gasteiger partial charge is 0.123 e. The van der Waals surface area contributed by atoms with Crippen LogP contribution in [0, 0.1) is 0 Å². The molecule has 0 bridgehead atoms. The fraction of sp³-hybridized carbons (Fsp3) is 0.667. The summed E-state index contributed by atoms with van der Waals surface area (Å²) < 4.78 is 0. The van der Waals surface area contributed by atoms with Crippen molar-refractivity contribution < 1.29 is 5.11 Å². The van der Waals surface area contributed by atoms with Gasteiger partial charge in [0.05, 0.1) is 0 Å². The highest BCUT2D eigenvalue weighted by molar-refractivity contribution is 7.99. The largest absolute Gasteiger partial charge is 0.507 e. The summed E-state index contributed by atoms with van der Waals surface area (Å²) in [6.45, 7) is 15.2. The van der Waals surface area contributed by atoms with E-state index in [1.165, 1.54) is 17.7 Å². The van der Waals surface area contributed by atoms with Gasteiger partial charge in [0.2, 0.25) is 0 Å². The number of benzene rings is 1. The van der Waals surface area contributed by atoms with Gasteiger partial charge < -0.3 is 5.11 Å². The van der Waals surface area contributed by atoms with Crippen LogP contribution < -0.4 is 0 Å². The molecule has 1 rings (SSSR count). The van der Waals surface area contributed by atoms with Crippen molar-refractivity contribution in [3.05, 3.63) is 23.3 Å². The molecule has 0 spiro atoms. The van der Waals surface area contributed by atoms with Gasteiger partial charge in [0.15, 0.2) is 0 Å². The Balaban J connectivity index is 3.28. The molecule has 0 aliphatic carbocycles. The maximum Gasteiger partial charge on any atom is 0.123 e. The fourth-order valence-corrected chi connectivity index (χ4v) is 3.24. The summed E-state index contributed by atoms with van der Waals surface area (Å²) in [6.07, 6.45) is 2.46. The summed E-state index contributed by atoms with van der Waals surface area (Å²) in [4.78, 5) is 1.28. The Labute approximate surface area is 129 Å². The molecule has 0 atom stereocenters. The maximum atomic E-state index is 10.6. The van der Waals surface area contributed by atoms with Crippen molar-refractivity contribution in [3.8, 4) is 5.75 Å². The summed E-state index contributed by atoms with van der Waals surface area (Å²) in [7, 11) is 0. The zero-order valence-electron chi connectivity index (χ0n) is 14.1. The van der Waals surface area contributed by atoms with Crippen LogP contribution in [0.25, 0.3) is 0 Å². The van der Waals surface area contributed by atoms with Gasteiger partial charge in [-0.3, -0.25) is 0 Å². The van der Waals surface area contributed by atoms with Gasteiger partial charge in [-0.25, -0.2) is 0 Å². The van der Waals surface area contributed by atoms with E-state index < -0.39 is 0 Å². The van der Waals surface area contributed by atoms with Gasteiger partial charge >= 0.3 is 0 Å². The van der Waals surface area contributed by atoms with Gasteiger partial charge in [-0.2, -0.15) is 0 Å². The second-order valence-corrected chi connectivity index (χ2v) is 8.74. The molecular weight excluding hydrogens is 264 g/mol. The van der Waals surface area contributed by atoms with E-state index in [-0.39, 0.29) is 10.8 Å². The zero-order valence-corrected chi connectivity index (χ0v) is 14.9. The molecule has 0 aromatic heterocycles. The van der Waals surface area contributed by atoms with Crippen molar-refractivity contribution in [2.45, 2.75) is 77.0 Å². The van der Waals surface area contributed by atoms with Crippen LogP contribution >= 0.6 is 11.8 Å². The quantitative estimate of drug-likeness (QED) is 0.553. The normalized spacial score (nSPS) is 12.8. The number of phenols is 1. The number of phenolic OH excluding ortho intramolecular Hbond substituents is 1. The summed E-state index contributed by atoms with van der Waals surface area (Å²) in [6, 6.07) is 4.34. The molecule has 0 saturated heterocycles. The Morgan fingerprint density at radius 2 is 1.40 bits per heavy atom. The Kier molecular flexibility index (Phi) is 5.60. The third-order valence-corrected chi connectivity index (χ3v) is 4.53. The van der Waals surface area contributed by atoms with E-state index >= 15 is 0 Å². The van der Waals surface area contributed by atoms with Crippen molar-refractivity contribution in [3.63, 3.8) is 0 Å². The zero-order chi connectivity index (χ0) is 15.6. The number of aromatic hydroxyl groups is 1. The molecule has 20 heavy (non-hydrogen) atoms. The summed E-state index contributed by atoms with van der Waals surface area (Å²) in [5.41, 5.74) is 2.05. The predicted molar refractivity (Wildman–Crippen MR) is 91.1 cm³/mol. The van der Waals surface area contributed by atoms with E-state index in [2.05, 4.69) is 60.6 Å². The standard InChI is InChI=1S/C18H30OS/c1-8-9-10-20-13-11-14(17(2,3)4)16(19)15(12-13)18(5,6)7/h11-12,19H,8-10H2,1-7H3. The van der Waals surface area contributed by atoms with Crippen molar-refractivity contribution in [2.75, 3.05) is 5.75 Å². The van der Waals surface area contributed by atoms with Crippen LogP contribution in [0.3, 0.4) is 0 Å². The highest BCUT2D eigenvalue weighted by Gasteiger charge is 2.26. The Hall–Kier alpha value is -0.630. The molecule has 114 valence electrons. The Morgan fingerprint density at radius 1 is 0.950 bits per heavy atom. The lowest BCUT2D eigenvalue weighted by Gasteiger charge is -2.28. The van der Waals surface area contributed by atoms with Gasteiger partial charge in [-0.1, -0.05) is 54.9 Å². The second kappa shape index (κ2) is 6.43. The van der Waals surface area contributed by atoms with Crippen LogP contribution in [-0.4, -0.2) is 10.9 Å². The lowest BCUT2D eigenvalue weighted by molar-refractivity contribution is 0.422. The molecule has 0 radical (unpaired) electrons. The SMILES string of the molecule is CCCCSc1cc(C(C)(C)C)c(O)c(C(C)(C)C)c1. The van der Waals surface area contributed by atoms with E-state index in [1.807, 2.05) is 11.8 Å². The highest BCUT2D eigenvalue weighted by atomic mass is 32.2. The minimum atomic E-state index is -0.0363. The van der Waals surface area contributed by atoms with Gasteiger partial charge in [0, 0.05) is 16.0 Å². The van der Waals surface area contributed by atoms with Gasteiger partial charge in [-0.05, 0) is 35.1 Å². The summed E-state index contributed by atoms with van der Waals surface area (Å²) in [5.74, 6) is 1.62. The molecule has 2 heteroatoms. The molecule has 0 amide bonds. The lowest BCUT2D eigenvalue weighted by Crippen LogP contribution is -2.17. The first-order chi connectivity index (χ1) is 9.07. The molecule has 0 heterocycles. The number of hydrogen-bond acceptors (Lipinski definition) is 2. The van der Waals surface area contributed by atoms with Crippen LogP contribution in [0.15, 0.2) is 17.0 Å². The average molecular weight is 295 g/mol. The first-order valence-electron chi connectivity index (χ1n) is 7.58. The van der Waals surface area contributed by atoms with Crippen LogP contribution in [0.1, 0.15) is 72.4 Å². The average Bonchev–Trinajstić information content (AvgIpc) is 2.28. The van der Waals surface area contributed by atoms with E-state index in [1.54, 1.807) is 0 Å². The van der Waals surface area contributed by atoms with Gasteiger partial charge in [-0.15, -0.1) is 11.8 Å². The van der Waals surface area contributed by atoms with Crippen LogP contribution in [0.2, 0.25) is 0 Å². The molecule has 1 N–H and O–H groups in total. The topological polar surface area (TPSA) is 20.2 Å². The predicted octanol–water partition coefficient (Wildman–Crippen LogP) is 5.88. The molecule has 1 aromatic carbocycles. The van der Waals surface area contributed by atoms with E-state index in [4.69, 9.17) is 0 Å². The molecular formula is C18H30OS. The van der Waals surface area contributed by atoms with Crippen LogP contribution in [-0.2, 0) is 10.8 Å². The fourth-order valence-electron chi connectivity index (χ4n) is 2.17. The van der Waals surface area contributed by atoms with Crippen molar-refractivity contribution in [1.82, 2.24) is 0 Å². The molecule has 0 unspecified atom stereocenters. The second-order valence-electron chi connectivity index (χ2n) is 7.57. The third kappa shape index (κ3) is 4.44. The maximum absolute atomic E-state index is 10.6. The van der Waals surface area contributed by atoms with Crippen molar-refractivity contribution in [1.29, 1.82) is 0 Å². The molecule has 1 aromatic rings. The van der Waals surface area contributed by atoms with E-state index in [0.29, 0.717) is 5.75 Å². The lowest BCUT2D eigenvalue weighted by atomic mass is 9.79. The molecule has 0 fully saturated rings. The van der Waals surface area contributed by atoms with Gasteiger partial charge in [0.25, 0.3) is 0 Å². The molecule has 0 saturated carbocycles. The van der Waals surface area contributed by atoms with Crippen molar-refractivity contribution in [2.24, 2.45) is 0 Å². The number of thioether (sulfide) groups is 1. The minimum absolute atomic E-state index is 0.0363. The highest BCUT2D eigenvalue weighted by Crippen LogP contribution is 2.41. The first-order valence-corrected chi connectivity index (χ1v) is 8.56. The van der Waals surface area contributed by atoms with Gasteiger partial charge in [0.1, 0.15) is 5.75 Å². The summed E-state index contributed by atoms with van der Waals surface area (Å²) >= 11 is 1.90. The van der Waals surface area contributed by atoms with E-state index in [9.17, 15) is 5.11 Å². The third-order valence-electron chi connectivity index (χ3n) is 3.47. The Morgan fingerprint density at radius 3 is 1.75 bits per heavy atom. The Bertz CT molecular complexity index is 414. The number of unbranched alkanes of at least 4 members (excludes halogenated alkanes) is 1.